The van der Waals surface area contributed by atoms with Crippen molar-refractivity contribution in [3.8, 4) is 5.75 Å². The van der Waals surface area contributed by atoms with Crippen LogP contribution in [-0.2, 0) is 11.0 Å². The number of nitrogens with one attached hydrogen (secondary N) is 1. The van der Waals surface area contributed by atoms with Crippen LogP contribution in [0.5, 0.6) is 5.75 Å². The van der Waals surface area contributed by atoms with Crippen molar-refractivity contribution in [1.29, 1.82) is 0 Å². The standard InChI is InChI=1S/C14H18F3NO3/c1-2-11(7-8-19)18-13(20)9-21-12-5-3-10(4-6-12)14(15,16)17/h3-6,11,19H,2,7-9H2,1H3,(H,18,20). The van der Waals surface area contributed by atoms with Gasteiger partial charge in [0.1, 0.15) is 5.75 Å². The first kappa shape index (κ1) is 17.3. The number of hydrogen-bond donors (Lipinski definition) is 2. The van der Waals surface area contributed by atoms with Crippen LogP contribution in [0.15, 0.2) is 24.3 Å². The summed E-state index contributed by atoms with van der Waals surface area (Å²) in [6.45, 7) is 1.56. The molecule has 1 rings (SSSR count). The van der Waals surface area contributed by atoms with Crippen molar-refractivity contribution >= 4 is 5.91 Å². The van der Waals surface area contributed by atoms with E-state index in [1.54, 1.807) is 0 Å². The molecule has 0 bridgehead atoms. The van der Waals surface area contributed by atoms with Crippen LogP contribution in [0.1, 0.15) is 25.3 Å². The Hall–Kier alpha value is -1.76. The Morgan fingerprint density at radius 1 is 1.33 bits per heavy atom. The lowest BCUT2D eigenvalue weighted by atomic mass is 10.1. The Bertz CT molecular complexity index is 446. The summed E-state index contributed by atoms with van der Waals surface area (Å²) < 4.78 is 42.2. The number of aliphatic hydroxyl groups is 1. The zero-order valence-corrected chi connectivity index (χ0v) is 11.6. The summed E-state index contributed by atoms with van der Waals surface area (Å²) in [7, 11) is 0. The van der Waals surface area contributed by atoms with Gasteiger partial charge < -0.3 is 15.2 Å². The molecule has 1 aromatic carbocycles. The Balaban J connectivity index is 2.46. The normalized spacial score (nSPS) is 12.8. The quantitative estimate of drug-likeness (QED) is 0.813. The minimum Gasteiger partial charge on any atom is -0.484 e. The second kappa shape index (κ2) is 7.87. The molecule has 1 unspecified atom stereocenters. The second-order valence-electron chi connectivity index (χ2n) is 4.50. The Morgan fingerprint density at radius 3 is 2.43 bits per heavy atom. The van der Waals surface area contributed by atoms with Crippen LogP contribution in [0.25, 0.3) is 0 Å². The molecule has 1 amide bonds. The zero-order valence-electron chi connectivity index (χ0n) is 11.6. The predicted molar refractivity (Wildman–Crippen MR) is 70.9 cm³/mol. The fourth-order valence-electron chi connectivity index (χ4n) is 1.69. The number of alkyl halides is 3. The van der Waals surface area contributed by atoms with Gasteiger partial charge in [-0.2, -0.15) is 13.2 Å². The van der Waals surface area contributed by atoms with E-state index >= 15 is 0 Å². The summed E-state index contributed by atoms with van der Waals surface area (Å²) in [4.78, 5) is 11.6. The third-order valence-electron chi connectivity index (χ3n) is 2.89. The van der Waals surface area contributed by atoms with E-state index in [1.807, 2.05) is 6.92 Å². The molecule has 0 heterocycles. The molecule has 0 saturated heterocycles. The Labute approximate surface area is 120 Å². The van der Waals surface area contributed by atoms with E-state index in [4.69, 9.17) is 9.84 Å². The Kier molecular flexibility index (Phi) is 6.48. The van der Waals surface area contributed by atoms with Crippen LogP contribution in [0.4, 0.5) is 13.2 Å². The van der Waals surface area contributed by atoms with Gasteiger partial charge in [0.05, 0.1) is 5.56 Å². The molecule has 2 N–H and O–H groups in total. The molecule has 0 spiro atoms. The number of halogens is 3. The van der Waals surface area contributed by atoms with Gasteiger partial charge >= 0.3 is 6.18 Å². The van der Waals surface area contributed by atoms with Crippen molar-refractivity contribution in [2.75, 3.05) is 13.2 Å². The van der Waals surface area contributed by atoms with Gasteiger partial charge in [-0.25, -0.2) is 0 Å². The summed E-state index contributed by atoms with van der Waals surface area (Å²) in [5.41, 5.74) is -0.770. The summed E-state index contributed by atoms with van der Waals surface area (Å²) >= 11 is 0. The lowest BCUT2D eigenvalue weighted by Gasteiger charge is -2.16. The van der Waals surface area contributed by atoms with Crippen molar-refractivity contribution in [3.05, 3.63) is 29.8 Å². The highest BCUT2D eigenvalue weighted by Gasteiger charge is 2.30. The van der Waals surface area contributed by atoms with Gasteiger partial charge in [-0.1, -0.05) is 6.92 Å². The smallest absolute Gasteiger partial charge is 0.416 e. The van der Waals surface area contributed by atoms with Crippen molar-refractivity contribution in [1.82, 2.24) is 5.32 Å². The molecule has 1 atom stereocenters. The molecular formula is C14H18F3NO3. The van der Waals surface area contributed by atoms with Gasteiger partial charge in [-0.3, -0.25) is 4.79 Å². The molecule has 0 aromatic heterocycles. The fourth-order valence-corrected chi connectivity index (χ4v) is 1.69. The minimum absolute atomic E-state index is 0.0292. The summed E-state index contributed by atoms with van der Waals surface area (Å²) in [5, 5.41) is 11.5. The number of aliphatic hydroxyl groups excluding tert-OH is 1. The SMILES string of the molecule is CCC(CCO)NC(=O)COc1ccc(C(F)(F)F)cc1. The van der Waals surface area contributed by atoms with Crippen LogP contribution in [-0.4, -0.2) is 30.3 Å². The lowest BCUT2D eigenvalue weighted by Crippen LogP contribution is -2.38. The van der Waals surface area contributed by atoms with Crippen molar-refractivity contribution in [2.45, 2.75) is 32.0 Å². The van der Waals surface area contributed by atoms with Crippen molar-refractivity contribution in [3.63, 3.8) is 0 Å². The van der Waals surface area contributed by atoms with E-state index in [-0.39, 0.29) is 30.9 Å². The summed E-state index contributed by atoms with van der Waals surface area (Å²) in [6, 6.07) is 3.99. The first-order valence-corrected chi connectivity index (χ1v) is 6.57. The largest absolute Gasteiger partial charge is 0.484 e. The molecule has 0 aliphatic carbocycles. The maximum absolute atomic E-state index is 12.4. The van der Waals surface area contributed by atoms with Crippen LogP contribution in [0, 0.1) is 0 Å². The van der Waals surface area contributed by atoms with Crippen LogP contribution in [0.2, 0.25) is 0 Å². The highest BCUT2D eigenvalue weighted by Crippen LogP contribution is 2.30. The molecule has 21 heavy (non-hydrogen) atoms. The molecule has 0 saturated carbocycles. The first-order valence-electron chi connectivity index (χ1n) is 6.57. The van der Waals surface area contributed by atoms with Gasteiger partial charge in [0.25, 0.3) is 5.91 Å². The van der Waals surface area contributed by atoms with Gasteiger partial charge in [0.15, 0.2) is 6.61 Å². The molecule has 0 aliphatic rings. The highest BCUT2D eigenvalue weighted by atomic mass is 19.4. The second-order valence-corrected chi connectivity index (χ2v) is 4.50. The summed E-state index contributed by atoms with van der Waals surface area (Å²) in [5.74, 6) is -0.191. The van der Waals surface area contributed by atoms with E-state index in [0.717, 1.165) is 12.1 Å². The number of amides is 1. The molecule has 118 valence electrons. The predicted octanol–water partition coefficient (Wildman–Crippen LogP) is 2.36. The van der Waals surface area contributed by atoms with Gasteiger partial charge in [-0.05, 0) is 37.1 Å². The third-order valence-corrected chi connectivity index (χ3v) is 2.89. The maximum Gasteiger partial charge on any atom is 0.416 e. The average molecular weight is 305 g/mol. The number of ether oxygens (including phenoxy) is 1. The van der Waals surface area contributed by atoms with E-state index in [1.165, 1.54) is 12.1 Å². The molecular weight excluding hydrogens is 287 g/mol. The molecule has 7 heteroatoms. The molecule has 1 aromatic rings. The zero-order chi connectivity index (χ0) is 15.9. The number of hydrogen-bond acceptors (Lipinski definition) is 3. The lowest BCUT2D eigenvalue weighted by molar-refractivity contribution is -0.137. The molecule has 0 radical (unpaired) electrons. The third kappa shape index (κ3) is 6.03. The van der Waals surface area contributed by atoms with Crippen molar-refractivity contribution in [2.24, 2.45) is 0 Å². The number of benzene rings is 1. The van der Waals surface area contributed by atoms with Crippen molar-refractivity contribution < 1.29 is 27.8 Å². The van der Waals surface area contributed by atoms with Crippen LogP contribution >= 0.6 is 0 Å². The topological polar surface area (TPSA) is 58.6 Å². The number of rotatable bonds is 7. The minimum atomic E-state index is -4.39. The Morgan fingerprint density at radius 2 is 1.95 bits per heavy atom. The molecule has 4 nitrogen and oxygen atoms in total. The van der Waals surface area contributed by atoms with E-state index in [9.17, 15) is 18.0 Å². The van der Waals surface area contributed by atoms with Gasteiger partial charge in [-0.15, -0.1) is 0 Å². The van der Waals surface area contributed by atoms with E-state index in [2.05, 4.69) is 5.32 Å². The van der Waals surface area contributed by atoms with Gasteiger partial charge in [0.2, 0.25) is 0 Å². The monoisotopic (exact) mass is 305 g/mol. The molecule has 0 aliphatic heterocycles. The van der Waals surface area contributed by atoms with Crippen LogP contribution in [0.3, 0.4) is 0 Å². The summed E-state index contributed by atoms with van der Waals surface area (Å²) in [6.07, 6.45) is -3.27. The average Bonchev–Trinajstić information content (AvgIpc) is 2.44. The molecule has 0 fully saturated rings. The first-order chi connectivity index (χ1) is 9.86. The van der Waals surface area contributed by atoms with Crippen LogP contribution < -0.4 is 10.1 Å². The number of carbonyl (C=O) groups is 1. The van der Waals surface area contributed by atoms with E-state index in [0.29, 0.717) is 12.8 Å². The van der Waals surface area contributed by atoms with Gasteiger partial charge in [0, 0.05) is 12.6 Å². The highest BCUT2D eigenvalue weighted by molar-refractivity contribution is 5.77. The fraction of sp³-hybridized carbons (Fsp3) is 0.500. The number of carbonyl (C=O) groups excluding carboxylic acids is 1. The maximum atomic E-state index is 12.4. The van der Waals surface area contributed by atoms with E-state index < -0.39 is 11.7 Å².